The van der Waals surface area contributed by atoms with E-state index in [-0.39, 0.29) is 42.1 Å². The first kappa shape index (κ1) is 35.0. The molecule has 15 heteroatoms. The highest BCUT2D eigenvalue weighted by Crippen LogP contribution is 2.37. The van der Waals surface area contributed by atoms with Gasteiger partial charge in [-0.05, 0) is 71.1 Å². The number of likely N-dealkylation sites (tertiary alicyclic amines) is 1. The summed E-state index contributed by atoms with van der Waals surface area (Å²) >= 11 is 0. The summed E-state index contributed by atoms with van der Waals surface area (Å²) in [6.45, 7) is 3.21. The van der Waals surface area contributed by atoms with Gasteiger partial charge in [0.1, 0.15) is 17.1 Å². The van der Waals surface area contributed by atoms with Gasteiger partial charge >= 0.3 is 6.18 Å². The topological polar surface area (TPSA) is 145 Å². The molecule has 2 heterocycles. The molecule has 2 fully saturated rings. The van der Waals surface area contributed by atoms with Crippen molar-refractivity contribution in [2.24, 2.45) is 10.9 Å². The van der Waals surface area contributed by atoms with E-state index in [1.165, 1.54) is 7.11 Å². The number of anilines is 3. The molecule has 12 nitrogen and oxygen atoms in total. The number of nitrogens with zero attached hydrogens (tertiary/aromatic N) is 4. The van der Waals surface area contributed by atoms with Crippen LogP contribution >= 0.6 is 0 Å². The lowest BCUT2D eigenvalue weighted by Crippen LogP contribution is -2.43. The maximum Gasteiger partial charge on any atom is 0.421 e. The molecule has 2 amide bonds. The number of methoxy groups -OCH3 is 1. The molecule has 252 valence electrons. The normalized spacial score (nSPS) is 19.6. The van der Waals surface area contributed by atoms with Crippen molar-refractivity contribution < 1.29 is 27.5 Å². The van der Waals surface area contributed by atoms with Gasteiger partial charge in [-0.25, -0.2) is 9.98 Å². The van der Waals surface area contributed by atoms with Crippen LogP contribution in [0.5, 0.6) is 5.75 Å². The van der Waals surface area contributed by atoms with Crippen molar-refractivity contribution in [2.45, 2.75) is 56.8 Å². The molecular weight excluding hydrogens is 603 g/mol. The minimum absolute atomic E-state index is 0.0790. The molecule has 1 saturated heterocycles. The van der Waals surface area contributed by atoms with E-state index in [2.05, 4.69) is 46.4 Å². The SMILES string of the molecule is CNCCNCC(=O)N=CC1CCCC[C@H]1Nc1nc(Nc2ccc(C(=O)NC3CCN(C)CC3)cc2OC)ncc1C(F)(F)F. The molecule has 1 unspecified atom stereocenters. The van der Waals surface area contributed by atoms with Gasteiger partial charge in [0.05, 0.1) is 19.3 Å². The average molecular weight is 648 g/mol. The van der Waals surface area contributed by atoms with E-state index in [1.54, 1.807) is 24.4 Å². The first-order chi connectivity index (χ1) is 22.1. The number of ether oxygens (including phenoxy) is 1. The number of rotatable bonds is 13. The molecule has 0 spiro atoms. The maximum absolute atomic E-state index is 14.0. The van der Waals surface area contributed by atoms with E-state index in [0.29, 0.717) is 42.9 Å². The Morgan fingerprint density at radius 2 is 1.89 bits per heavy atom. The summed E-state index contributed by atoms with van der Waals surface area (Å²) in [6, 6.07) is 4.46. The number of aliphatic imine (C=N–C) groups is 1. The quantitative estimate of drug-likeness (QED) is 0.162. The number of nitrogens with one attached hydrogen (secondary N) is 5. The highest BCUT2D eigenvalue weighted by atomic mass is 19.4. The number of benzene rings is 1. The van der Waals surface area contributed by atoms with E-state index in [0.717, 1.165) is 45.0 Å². The highest BCUT2D eigenvalue weighted by Gasteiger charge is 2.37. The van der Waals surface area contributed by atoms with Gasteiger partial charge in [-0.3, -0.25) is 9.59 Å². The van der Waals surface area contributed by atoms with Crippen molar-refractivity contribution in [3.05, 3.63) is 35.5 Å². The summed E-state index contributed by atoms with van der Waals surface area (Å²) in [6.07, 6.45) is 2.25. The first-order valence-electron chi connectivity index (χ1n) is 15.6. The molecule has 0 bridgehead atoms. The summed E-state index contributed by atoms with van der Waals surface area (Å²) in [7, 11) is 5.30. The van der Waals surface area contributed by atoms with Crippen LogP contribution in [0.25, 0.3) is 0 Å². The van der Waals surface area contributed by atoms with Gasteiger partial charge in [-0.1, -0.05) is 12.8 Å². The van der Waals surface area contributed by atoms with E-state index < -0.39 is 17.8 Å². The Balaban J connectivity index is 1.48. The smallest absolute Gasteiger partial charge is 0.421 e. The van der Waals surface area contributed by atoms with Gasteiger partial charge in [-0.15, -0.1) is 0 Å². The number of carbonyl (C=O) groups excluding carboxylic acids is 2. The van der Waals surface area contributed by atoms with Gasteiger partial charge in [0, 0.05) is 49.1 Å². The second-order valence-corrected chi connectivity index (χ2v) is 11.7. The minimum Gasteiger partial charge on any atom is -0.495 e. The van der Waals surface area contributed by atoms with Crippen molar-refractivity contribution in [3.63, 3.8) is 0 Å². The fourth-order valence-corrected chi connectivity index (χ4v) is 5.56. The van der Waals surface area contributed by atoms with Gasteiger partial charge < -0.3 is 36.2 Å². The van der Waals surface area contributed by atoms with Gasteiger partial charge in [0.15, 0.2) is 0 Å². The Labute approximate surface area is 267 Å². The number of carbonyl (C=O) groups is 2. The van der Waals surface area contributed by atoms with E-state index in [9.17, 15) is 22.8 Å². The summed E-state index contributed by atoms with van der Waals surface area (Å²) < 4.78 is 47.6. The van der Waals surface area contributed by atoms with Crippen LogP contribution in [0.15, 0.2) is 29.4 Å². The number of hydrogen-bond acceptors (Lipinski definition) is 10. The van der Waals surface area contributed by atoms with Crippen LogP contribution < -0.4 is 31.3 Å². The molecule has 2 aromatic rings. The number of piperidine rings is 1. The fourth-order valence-electron chi connectivity index (χ4n) is 5.56. The molecule has 1 aliphatic carbocycles. The molecule has 1 aromatic carbocycles. The summed E-state index contributed by atoms with van der Waals surface area (Å²) in [5.74, 6) is -0.971. The van der Waals surface area contributed by atoms with E-state index in [1.807, 2.05) is 14.1 Å². The van der Waals surface area contributed by atoms with Crippen LogP contribution in [0.3, 0.4) is 0 Å². The largest absolute Gasteiger partial charge is 0.495 e. The second kappa shape index (κ2) is 16.7. The third kappa shape index (κ3) is 10.1. The molecular formula is C31H44F3N9O3. The Kier molecular flexibility index (Phi) is 12.7. The van der Waals surface area contributed by atoms with Gasteiger partial charge in [-0.2, -0.15) is 18.2 Å². The van der Waals surface area contributed by atoms with Crippen LogP contribution in [-0.4, -0.2) is 98.9 Å². The van der Waals surface area contributed by atoms with E-state index >= 15 is 0 Å². The van der Waals surface area contributed by atoms with Crippen molar-refractivity contribution in [1.29, 1.82) is 0 Å². The van der Waals surface area contributed by atoms with Crippen molar-refractivity contribution in [3.8, 4) is 5.75 Å². The maximum atomic E-state index is 14.0. The molecule has 2 atom stereocenters. The Morgan fingerprint density at radius 1 is 1.13 bits per heavy atom. The standard InChI is InChI=1S/C31H44F3N9O3/c1-35-12-13-36-19-27(44)37-17-21-6-4-5-7-24(21)40-28-23(31(32,33)34)18-38-30(42-28)41-25-9-8-20(16-26(25)46-3)29(45)39-22-10-14-43(2)15-11-22/h8-9,16-18,21-22,24,35-36H,4-7,10-15,19H2,1-3H3,(H,39,45)(H2,38,40,41,42)/t21?,24-/m1/s1. The zero-order valence-corrected chi connectivity index (χ0v) is 26.5. The lowest BCUT2D eigenvalue weighted by atomic mass is 9.85. The monoisotopic (exact) mass is 647 g/mol. The Morgan fingerprint density at radius 3 is 2.61 bits per heavy atom. The predicted octanol–water partition coefficient (Wildman–Crippen LogP) is 3.45. The number of amides is 2. The lowest BCUT2D eigenvalue weighted by Gasteiger charge is -2.31. The van der Waals surface area contributed by atoms with Crippen LogP contribution in [-0.2, 0) is 11.0 Å². The van der Waals surface area contributed by atoms with Crippen LogP contribution in [0.1, 0.15) is 54.4 Å². The molecule has 1 aliphatic heterocycles. The number of aromatic nitrogens is 2. The zero-order valence-electron chi connectivity index (χ0n) is 26.5. The summed E-state index contributed by atoms with van der Waals surface area (Å²) in [4.78, 5) is 39.5. The summed E-state index contributed by atoms with van der Waals surface area (Å²) in [5.41, 5.74) is -0.222. The minimum atomic E-state index is -4.70. The molecule has 1 aromatic heterocycles. The molecule has 4 rings (SSSR count). The third-order valence-corrected chi connectivity index (χ3v) is 8.24. The zero-order chi connectivity index (χ0) is 33.1. The molecule has 46 heavy (non-hydrogen) atoms. The fraction of sp³-hybridized carbons (Fsp3) is 0.581. The number of halogens is 3. The van der Waals surface area contributed by atoms with Gasteiger partial charge in [0.2, 0.25) is 5.95 Å². The van der Waals surface area contributed by atoms with Crippen LogP contribution in [0.2, 0.25) is 0 Å². The predicted molar refractivity (Wildman–Crippen MR) is 171 cm³/mol. The average Bonchev–Trinajstić information content (AvgIpc) is 3.03. The lowest BCUT2D eigenvalue weighted by molar-refractivity contribution is -0.137. The number of likely N-dealkylation sites (N-methyl/N-ethyl adjacent to an activating group) is 1. The van der Waals surface area contributed by atoms with Crippen LogP contribution in [0, 0.1) is 5.92 Å². The Bertz CT molecular complexity index is 1350. The number of hydrogen-bond donors (Lipinski definition) is 5. The van der Waals surface area contributed by atoms with Crippen molar-refractivity contribution >= 4 is 35.5 Å². The second-order valence-electron chi connectivity index (χ2n) is 11.7. The van der Waals surface area contributed by atoms with Crippen molar-refractivity contribution in [1.82, 2.24) is 30.8 Å². The van der Waals surface area contributed by atoms with Gasteiger partial charge in [0.25, 0.3) is 11.8 Å². The first-order valence-corrected chi connectivity index (χ1v) is 15.6. The molecule has 2 aliphatic rings. The summed E-state index contributed by atoms with van der Waals surface area (Å²) in [5, 5.41) is 14.9. The van der Waals surface area contributed by atoms with Crippen LogP contribution in [0.4, 0.5) is 30.6 Å². The molecule has 5 N–H and O–H groups in total. The third-order valence-electron chi connectivity index (χ3n) is 8.24. The van der Waals surface area contributed by atoms with Crippen molar-refractivity contribution in [2.75, 3.05) is 64.6 Å². The molecule has 0 radical (unpaired) electrons. The highest BCUT2D eigenvalue weighted by molar-refractivity contribution is 5.95. The Hall–Kier alpha value is -3.82. The molecule has 1 saturated carbocycles. The number of alkyl halides is 3. The van der Waals surface area contributed by atoms with E-state index in [4.69, 9.17) is 4.74 Å².